The van der Waals surface area contributed by atoms with E-state index < -0.39 is 0 Å². The van der Waals surface area contributed by atoms with Crippen molar-refractivity contribution >= 4 is 85.7 Å². The molecule has 2 fully saturated rings. The number of tetrazole rings is 1. The maximum Gasteiger partial charge on any atom is 0.254 e. The average molecular weight is 931 g/mol. The molecular formula is C45H46N12O3S4. The number of benzene rings is 2. The zero-order valence-corrected chi connectivity index (χ0v) is 38.7. The number of ketones is 1. The minimum absolute atomic E-state index is 0.0452. The number of likely N-dealkylation sites (tertiary alicyclic amines) is 2. The molecule has 3 N–H and O–H groups in total. The number of carbonyl (C=O) groups is 3. The molecule has 0 spiro atoms. The van der Waals surface area contributed by atoms with Crippen molar-refractivity contribution in [2.75, 3.05) is 36.8 Å². The molecule has 0 aliphatic carbocycles. The second-order valence-corrected chi connectivity index (χ2v) is 20.1. The lowest BCUT2D eigenvalue weighted by Crippen LogP contribution is -2.40. The number of thiazole rings is 2. The summed E-state index contributed by atoms with van der Waals surface area (Å²) in [4.78, 5) is 61.2. The van der Waals surface area contributed by atoms with E-state index in [1.807, 2.05) is 109 Å². The van der Waals surface area contributed by atoms with Gasteiger partial charge in [0.05, 0.1) is 20.8 Å². The number of anilines is 4. The van der Waals surface area contributed by atoms with Gasteiger partial charge in [0, 0.05) is 71.3 Å². The molecule has 0 bridgehead atoms. The standard InChI is InChI=1S/C23H24N4O2S2.C22H22N8OS2/c1-15-6-7-18(13-19(15)22(29)27-11-8-17(9-12-27)16(2)28)30-21-14-25-23(31-21)26-20-5-3-4-10-24-20;1-14-5-6-16(32-19-13-24-22(33-19)25-18-4-2-3-9-23-18)12-17(14)21(31)30-10-7-15(8-11-30)20-26-28-29-27-20/h3-7,10,13-14,17H,8-9,11-12H2,1-2H3,(H,24,25,26);2-6,9,12-13,15H,7-8,10-11H2,1H3,(H,23,24,25)(H,26,27,28,29). The number of aryl methyl sites for hydroxylation is 2. The SMILES string of the molecule is CC(=O)C1CCN(C(=O)c2cc(Sc3cnc(Nc4ccccn4)s3)ccc2C)CC1.Cc1ccc(Sc2cnc(Nc3ccccn3)s2)cc1C(=O)N1CCC(c2nn[nH]n2)CC1. The van der Waals surface area contributed by atoms with Gasteiger partial charge in [-0.05, 0) is 106 Å². The molecule has 2 aliphatic heterocycles. The van der Waals surface area contributed by atoms with Crippen LogP contribution in [0.4, 0.5) is 21.9 Å². The van der Waals surface area contributed by atoms with Gasteiger partial charge in [-0.3, -0.25) is 14.4 Å². The third-order valence-corrected chi connectivity index (χ3v) is 15.0. The van der Waals surface area contributed by atoms with Gasteiger partial charge < -0.3 is 20.4 Å². The molecule has 7 heterocycles. The van der Waals surface area contributed by atoms with Gasteiger partial charge in [-0.25, -0.2) is 19.9 Å². The van der Waals surface area contributed by atoms with Crippen molar-refractivity contribution in [1.29, 1.82) is 0 Å². The monoisotopic (exact) mass is 930 g/mol. The number of carbonyl (C=O) groups excluding carboxylic acids is 3. The van der Waals surface area contributed by atoms with Gasteiger partial charge in [0.1, 0.15) is 17.4 Å². The molecule has 2 saturated heterocycles. The molecule has 2 aliphatic rings. The predicted octanol–water partition coefficient (Wildman–Crippen LogP) is 9.46. The van der Waals surface area contributed by atoms with Crippen LogP contribution in [0.2, 0.25) is 0 Å². The molecule has 9 rings (SSSR count). The second kappa shape index (κ2) is 21.1. The first-order valence-corrected chi connectivity index (χ1v) is 24.1. The Morgan fingerprint density at radius 2 is 1.17 bits per heavy atom. The molecule has 0 radical (unpaired) electrons. The van der Waals surface area contributed by atoms with E-state index in [2.05, 4.69) is 51.2 Å². The number of piperidine rings is 2. The van der Waals surface area contributed by atoms with Gasteiger partial charge >= 0.3 is 0 Å². The Morgan fingerprint density at radius 3 is 1.61 bits per heavy atom. The van der Waals surface area contributed by atoms with E-state index in [1.54, 1.807) is 65.5 Å². The molecule has 64 heavy (non-hydrogen) atoms. The Hall–Kier alpha value is -6.02. The van der Waals surface area contributed by atoms with Crippen molar-refractivity contribution in [2.24, 2.45) is 5.92 Å². The highest BCUT2D eigenvalue weighted by Gasteiger charge is 2.29. The number of pyridine rings is 2. The van der Waals surface area contributed by atoms with Crippen LogP contribution in [0.3, 0.4) is 0 Å². The fraction of sp³-hybridized carbons (Fsp3) is 0.289. The summed E-state index contributed by atoms with van der Waals surface area (Å²) in [6, 6.07) is 23.4. The number of hydrogen-bond acceptors (Lipinski definition) is 16. The number of H-pyrrole nitrogens is 1. The third kappa shape index (κ3) is 11.6. The maximum absolute atomic E-state index is 13.3. The van der Waals surface area contributed by atoms with E-state index in [-0.39, 0.29) is 29.4 Å². The van der Waals surface area contributed by atoms with Gasteiger partial charge in [-0.1, -0.05) is 75.7 Å². The zero-order chi connectivity index (χ0) is 44.4. The van der Waals surface area contributed by atoms with Crippen LogP contribution in [0, 0.1) is 19.8 Å². The number of amides is 2. The number of nitrogens with one attached hydrogen (secondary N) is 3. The van der Waals surface area contributed by atoms with Crippen LogP contribution in [-0.4, -0.2) is 94.1 Å². The second-order valence-electron chi connectivity index (χ2n) is 15.3. The molecule has 328 valence electrons. The highest BCUT2D eigenvalue weighted by Crippen LogP contribution is 2.37. The highest BCUT2D eigenvalue weighted by atomic mass is 32.2. The largest absolute Gasteiger partial charge is 0.339 e. The van der Waals surface area contributed by atoms with Crippen LogP contribution in [0.25, 0.3) is 0 Å². The van der Waals surface area contributed by atoms with E-state index >= 15 is 0 Å². The molecule has 7 aromatic rings. The quantitative estimate of drug-likeness (QED) is 0.105. The molecule has 5 aromatic heterocycles. The molecule has 2 aromatic carbocycles. The minimum atomic E-state index is 0.0452. The summed E-state index contributed by atoms with van der Waals surface area (Å²) in [5.74, 6) is 2.93. The van der Waals surface area contributed by atoms with Gasteiger partial charge in [0.15, 0.2) is 16.1 Å². The number of aromatic amines is 1. The van der Waals surface area contributed by atoms with Crippen LogP contribution in [0.15, 0.2) is 116 Å². The lowest BCUT2D eigenvalue weighted by molar-refractivity contribution is -0.121. The van der Waals surface area contributed by atoms with Crippen LogP contribution in [-0.2, 0) is 4.79 Å². The zero-order valence-electron chi connectivity index (χ0n) is 35.4. The predicted molar refractivity (Wildman–Crippen MR) is 251 cm³/mol. The number of hydrogen-bond donors (Lipinski definition) is 3. The molecule has 0 saturated carbocycles. The van der Waals surface area contributed by atoms with Crippen molar-refractivity contribution in [3.05, 3.63) is 126 Å². The van der Waals surface area contributed by atoms with E-state index in [4.69, 9.17) is 0 Å². The van der Waals surface area contributed by atoms with Crippen molar-refractivity contribution in [3.8, 4) is 0 Å². The summed E-state index contributed by atoms with van der Waals surface area (Å²) >= 11 is 6.29. The van der Waals surface area contributed by atoms with Gasteiger partial charge in [0.2, 0.25) is 0 Å². The maximum atomic E-state index is 13.3. The number of nitrogens with zero attached hydrogens (tertiary/aromatic N) is 9. The Labute approximate surface area is 387 Å². The number of rotatable bonds is 12. The Kier molecular flexibility index (Phi) is 14.7. The van der Waals surface area contributed by atoms with Crippen molar-refractivity contribution < 1.29 is 14.4 Å². The van der Waals surface area contributed by atoms with Crippen LogP contribution >= 0.6 is 46.2 Å². The van der Waals surface area contributed by atoms with Crippen molar-refractivity contribution in [2.45, 2.75) is 70.6 Å². The Balaban J connectivity index is 0.000000175. The fourth-order valence-electron chi connectivity index (χ4n) is 7.36. The molecule has 0 unspecified atom stereocenters. The number of Topliss-reactive ketones (excluding diaryl/α,β-unsaturated/α-hetero) is 1. The van der Waals surface area contributed by atoms with Crippen LogP contribution in [0.5, 0.6) is 0 Å². The van der Waals surface area contributed by atoms with Crippen molar-refractivity contribution in [3.63, 3.8) is 0 Å². The molecule has 15 nitrogen and oxygen atoms in total. The summed E-state index contributed by atoms with van der Waals surface area (Å²) in [6.07, 6.45) is 10.3. The third-order valence-electron chi connectivity index (χ3n) is 11.0. The lowest BCUT2D eigenvalue weighted by atomic mass is 9.93. The molecule has 2 amide bonds. The van der Waals surface area contributed by atoms with E-state index in [0.717, 1.165) is 93.9 Å². The minimum Gasteiger partial charge on any atom is -0.339 e. The summed E-state index contributed by atoms with van der Waals surface area (Å²) in [6.45, 7) is 8.23. The van der Waals surface area contributed by atoms with Gasteiger partial charge in [-0.15, -0.1) is 10.2 Å². The highest BCUT2D eigenvalue weighted by molar-refractivity contribution is 8.01. The first-order chi connectivity index (χ1) is 31.1. The van der Waals surface area contributed by atoms with Gasteiger partial charge in [-0.2, -0.15) is 5.21 Å². The van der Waals surface area contributed by atoms with Crippen LogP contribution in [0.1, 0.15) is 76.2 Å². The summed E-state index contributed by atoms with van der Waals surface area (Å²) in [5.41, 5.74) is 3.41. The van der Waals surface area contributed by atoms with E-state index in [0.29, 0.717) is 26.2 Å². The summed E-state index contributed by atoms with van der Waals surface area (Å²) in [5, 5.41) is 22.3. The van der Waals surface area contributed by atoms with Gasteiger partial charge in [0.25, 0.3) is 11.8 Å². The van der Waals surface area contributed by atoms with E-state index in [9.17, 15) is 14.4 Å². The Morgan fingerprint density at radius 1 is 0.672 bits per heavy atom. The first kappa shape index (κ1) is 44.6. The Bertz CT molecular complexity index is 2660. The smallest absolute Gasteiger partial charge is 0.254 e. The lowest BCUT2D eigenvalue weighted by Gasteiger charge is -2.31. The molecule has 19 heteroatoms. The fourth-order valence-corrected chi connectivity index (χ4v) is 11.2. The average Bonchev–Trinajstić information content (AvgIpc) is 4.12. The first-order valence-electron chi connectivity index (χ1n) is 20.8. The topological polar surface area (TPSA) is 188 Å². The van der Waals surface area contributed by atoms with E-state index in [1.165, 1.54) is 0 Å². The molecular weight excluding hydrogens is 885 g/mol. The normalized spacial score (nSPS) is 14.4. The van der Waals surface area contributed by atoms with Crippen molar-refractivity contribution in [1.82, 2.24) is 50.4 Å². The number of aromatic nitrogens is 8. The van der Waals surface area contributed by atoms with Crippen LogP contribution < -0.4 is 10.6 Å². The molecule has 0 atom stereocenters. The summed E-state index contributed by atoms with van der Waals surface area (Å²) < 4.78 is 2.07. The summed E-state index contributed by atoms with van der Waals surface area (Å²) in [7, 11) is 0.